The first-order valence-electron chi connectivity index (χ1n) is 7.33. The van der Waals surface area contributed by atoms with Gasteiger partial charge in [0.25, 0.3) is 0 Å². The van der Waals surface area contributed by atoms with E-state index in [1.54, 1.807) is 0 Å². The van der Waals surface area contributed by atoms with Crippen molar-refractivity contribution in [1.29, 1.82) is 0 Å². The molecule has 0 fully saturated rings. The zero-order chi connectivity index (χ0) is 15.2. The second kappa shape index (κ2) is 8.11. The Kier molecular flexibility index (Phi) is 6.46. The van der Waals surface area contributed by atoms with Crippen LogP contribution in [-0.4, -0.2) is 6.54 Å². The molecule has 21 heavy (non-hydrogen) atoms. The molecule has 1 unspecified atom stereocenters. The van der Waals surface area contributed by atoms with E-state index in [9.17, 15) is 0 Å². The Morgan fingerprint density at radius 1 is 1.05 bits per heavy atom. The number of benzene rings is 2. The van der Waals surface area contributed by atoms with Crippen LogP contribution in [0.4, 0.5) is 0 Å². The normalized spacial score (nSPS) is 12.4. The van der Waals surface area contributed by atoms with Crippen molar-refractivity contribution in [3.05, 3.63) is 68.1 Å². The molecule has 0 aliphatic carbocycles. The topological polar surface area (TPSA) is 12.0 Å². The van der Waals surface area contributed by atoms with Gasteiger partial charge in [-0.25, -0.2) is 0 Å². The number of nitrogens with one attached hydrogen (secondary N) is 1. The van der Waals surface area contributed by atoms with E-state index in [1.807, 2.05) is 0 Å². The van der Waals surface area contributed by atoms with Gasteiger partial charge in [-0.05, 0) is 67.3 Å². The van der Waals surface area contributed by atoms with Crippen molar-refractivity contribution in [3.8, 4) is 0 Å². The van der Waals surface area contributed by atoms with Gasteiger partial charge in [0.05, 0.1) is 0 Å². The summed E-state index contributed by atoms with van der Waals surface area (Å²) < 4.78 is 2.29. The zero-order valence-electron chi connectivity index (χ0n) is 12.5. The Morgan fingerprint density at radius 3 is 2.52 bits per heavy atom. The predicted molar refractivity (Wildman–Crippen MR) is 97.8 cm³/mol. The molecule has 0 amide bonds. The maximum absolute atomic E-state index is 3.67. The van der Waals surface area contributed by atoms with Crippen molar-refractivity contribution in [1.82, 2.24) is 5.32 Å². The fraction of sp³-hybridized carbons (Fsp3) is 0.333. The van der Waals surface area contributed by atoms with Crippen LogP contribution in [0.15, 0.2) is 51.4 Å². The summed E-state index contributed by atoms with van der Waals surface area (Å²) in [4.78, 5) is 0. The summed E-state index contributed by atoms with van der Waals surface area (Å²) in [5.41, 5.74) is 3.97. The van der Waals surface area contributed by atoms with Crippen molar-refractivity contribution in [2.75, 3.05) is 6.54 Å². The van der Waals surface area contributed by atoms with Gasteiger partial charge in [-0.2, -0.15) is 0 Å². The highest BCUT2D eigenvalue weighted by atomic mass is 79.9. The first-order chi connectivity index (χ1) is 10.1. The monoisotopic (exact) mass is 409 g/mol. The number of halogens is 2. The van der Waals surface area contributed by atoms with E-state index in [2.05, 4.69) is 93.5 Å². The van der Waals surface area contributed by atoms with Crippen LogP contribution in [0.3, 0.4) is 0 Å². The molecule has 2 aromatic rings. The lowest BCUT2D eigenvalue weighted by Gasteiger charge is -2.20. The third-order valence-corrected chi connectivity index (χ3v) is 4.39. The number of hydrogen-bond acceptors (Lipinski definition) is 1. The second-order valence-electron chi connectivity index (χ2n) is 5.40. The molecule has 0 radical (unpaired) electrons. The van der Waals surface area contributed by atoms with Crippen LogP contribution >= 0.6 is 31.9 Å². The van der Waals surface area contributed by atoms with Crippen molar-refractivity contribution in [2.45, 2.75) is 32.7 Å². The van der Waals surface area contributed by atoms with Gasteiger partial charge in [0.2, 0.25) is 0 Å². The van der Waals surface area contributed by atoms with Gasteiger partial charge in [-0.15, -0.1) is 0 Å². The highest BCUT2D eigenvalue weighted by Gasteiger charge is 2.13. The van der Waals surface area contributed by atoms with Gasteiger partial charge in [0, 0.05) is 15.0 Å². The van der Waals surface area contributed by atoms with E-state index in [0.29, 0.717) is 6.04 Å². The van der Waals surface area contributed by atoms with Gasteiger partial charge in [-0.1, -0.05) is 57.0 Å². The minimum absolute atomic E-state index is 0.343. The summed E-state index contributed by atoms with van der Waals surface area (Å²) in [6, 6.07) is 15.6. The molecule has 1 nitrogen and oxygen atoms in total. The van der Waals surface area contributed by atoms with Crippen molar-refractivity contribution in [3.63, 3.8) is 0 Å². The molecule has 2 aromatic carbocycles. The van der Waals surface area contributed by atoms with Crippen LogP contribution in [0.25, 0.3) is 0 Å². The maximum atomic E-state index is 3.67. The predicted octanol–water partition coefficient (Wildman–Crippen LogP) is 5.80. The largest absolute Gasteiger partial charge is 0.310 e. The van der Waals surface area contributed by atoms with Crippen LogP contribution in [0.2, 0.25) is 0 Å². The lowest BCUT2D eigenvalue weighted by molar-refractivity contribution is 0.529. The van der Waals surface area contributed by atoms with Gasteiger partial charge in [-0.3, -0.25) is 0 Å². The Labute approximate surface area is 144 Å². The molecule has 112 valence electrons. The quantitative estimate of drug-likeness (QED) is 0.634. The minimum atomic E-state index is 0.343. The molecule has 1 atom stereocenters. The second-order valence-corrected chi connectivity index (χ2v) is 7.23. The Balaban J connectivity index is 2.25. The van der Waals surface area contributed by atoms with Crippen LogP contribution < -0.4 is 5.32 Å². The van der Waals surface area contributed by atoms with E-state index in [1.165, 1.54) is 16.7 Å². The lowest BCUT2D eigenvalue weighted by Crippen LogP contribution is -2.24. The van der Waals surface area contributed by atoms with Crippen molar-refractivity contribution >= 4 is 31.9 Å². The maximum Gasteiger partial charge on any atom is 0.0361 e. The molecule has 0 aliphatic heterocycles. The van der Waals surface area contributed by atoms with Gasteiger partial charge >= 0.3 is 0 Å². The van der Waals surface area contributed by atoms with Crippen molar-refractivity contribution < 1.29 is 0 Å². The van der Waals surface area contributed by atoms with Crippen LogP contribution in [0.5, 0.6) is 0 Å². The first-order valence-corrected chi connectivity index (χ1v) is 8.92. The molecular weight excluding hydrogens is 390 g/mol. The van der Waals surface area contributed by atoms with Crippen LogP contribution in [0, 0.1) is 6.92 Å². The molecule has 3 heteroatoms. The fourth-order valence-electron chi connectivity index (χ4n) is 2.49. The molecule has 0 aromatic heterocycles. The van der Waals surface area contributed by atoms with Gasteiger partial charge < -0.3 is 5.32 Å². The number of aryl methyl sites for hydroxylation is 1. The third kappa shape index (κ3) is 5.24. The van der Waals surface area contributed by atoms with E-state index >= 15 is 0 Å². The van der Waals surface area contributed by atoms with Crippen molar-refractivity contribution in [2.24, 2.45) is 0 Å². The molecule has 1 N–H and O–H groups in total. The molecular formula is C18H21Br2N. The molecule has 0 saturated heterocycles. The van der Waals surface area contributed by atoms with Gasteiger partial charge in [0.1, 0.15) is 0 Å². The average Bonchev–Trinajstić information content (AvgIpc) is 2.42. The number of hydrogen-bond donors (Lipinski definition) is 1. The molecule has 2 rings (SSSR count). The lowest BCUT2D eigenvalue weighted by atomic mass is 9.97. The standard InChI is InChI=1S/C18H21Br2N/c1-3-7-21-18(11-14-5-4-6-16(19)10-14)15-8-13(2)9-17(20)12-15/h4-6,8-10,12,18,21H,3,7,11H2,1-2H3. The van der Waals surface area contributed by atoms with Crippen LogP contribution in [0.1, 0.15) is 36.1 Å². The Hall–Kier alpha value is -0.640. The zero-order valence-corrected chi connectivity index (χ0v) is 15.7. The summed E-state index contributed by atoms with van der Waals surface area (Å²) in [5.74, 6) is 0. The van der Waals surface area contributed by atoms with E-state index < -0.39 is 0 Å². The molecule has 0 aliphatic rings. The third-order valence-electron chi connectivity index (χ3n) is 3.44. The molecule has 0 saturated carbocycles. The Morgan fingerprint density at radius 2 is 1.86 bits per heavy atom. The summed E-state index contributed by atoms with van der Waals surface area (Å²) in [6.07, 6.45) is 2.14. The Bertz CT molecular complexity index is 575. The number of rotatable bonds is 6. The fourth-order valence-corrected chi connectivity index (χ4v) is 3.56. The summed E-state index contributed by atoms with van der Waals surface area (Å²) in [7, 11) is 0. The van der Waals surface area contributed by atoms with E-state index in [-0.39, 0.29) is 0 Å². The van der Waals surface area contributed by atoms with Crippen LogP contribution in [-0.2, 0) is 6.42 Å². The van der Waals surface area contributed by atoms with E-state index in [4.69, 9.17) is 0 Å². The van der Waals surface area contributed by atoms with E-state index in [0.717, 1.165) is 28.3 Å². The van der Waals surface area contributed by atoms with Gasteiger partial charge in [0.15, 0.2) is 0 Å². The highest BCUT2D eigenvalue weighted by Crippen LogP contribution is 2.25. The summed E-state index contributed by atoms with van der Waals surface area (Å²) in [5, 5.41) is 3.67. The smallest absolute Gasteiger partial charge is 0.0361 e. The highest BCUT2D eigenvalue weighted by molar-refractivity contribution is 9.10. The first kappa shape index (κ1) is 16.7. The SMILES string of the molecule is CCCNC(Cc1cccc(Br)c1)c1cc(C)cc(Br)c1. The molecule has 0 heterocycles. The molecule has 0 spiro atoms. The average molecular weight is 411 g/mol. The summed E-state index contributed by atoms with van der Waals surface area (Å²) in [6.45, 7) is 5.38. The molecule has 0 bridgehead atoms. The summed E-state index contributed by atoms with van der Waals surface area (Å²) >= 11 is 7.17. The minimum Gasteiger partial charge on any atom is -0.310 e.